The van der Waals surface area contributed by atoms with E-state index >= 15 is 0 Å². The fraction of sp³-hybridized carbons (Fsp3) is 0.143. The Morgan fingerprint density at radius 1 is 0.963 bits per heavy atom. The van der Waals surface area contributed by atoms with Crippen molar-refractivity contribution < 1.29 is 13.6 Å². The molecule has 3 rings (SSSR count). The molecule has 0 unspecified atom stereocenters. The number of nitrogens with zero attached hydrogens (tertiary/aromatic N) is 1. The van der Waals surface area contributed by atoms with E-state index in [1.165, 1.54) is 17.8 Å². The summed E-state index contributed by atoms with van der Waals surface area (Å²) in [5.41, 5.74) is 1.80. The lowest BCUT2D eigenvalue weighted by Crippen LogP contribution is -2.13. The number of hydrogen-bond acceptors (Lipinski definition) is 3. The number of pyridine rings is 1. The highest BCUT2D eigenvalue weighted by molar-refractivity contribution is 6.04. The average molecular weight is 367 g/mol. The number of carbonyl (C=O) groups excluding carboxylic acids is 1. The van der Waals surface area contributed by atoms with Crippen LogP contribution in [0.2, 0.25) is 0 Å². The molecule has 138 valence electrons. The maximum Gasteiger partial charge on any atom is 0.257 e. The summed E-state index contributed by atoms with van der Waals surface area (Å²) >= 11 is 0. The summed E-state index contributed by atoms with van der Waals surface area (Å²) in [5, 5.41) is 5.72. The predicted molar refractivity (Wildman–Crippen MR) is 102 cm³/mol. The van der Waals surface area contributed by atoms with Crippen LogP contribution in [0, 0.1) is 11.6 Å². The van der Waals surface area contributed by atoms with E-state index in [9.17, 15) is 13.6 Å². The third kappa shape index (κ3) is 5.34. The molecule has 1 amide bonds. The van der Waals surface area contributed by atoms with E-state index in [0.717, 1.165) is 31.5 Å². The molecule has 0 fully saturated rings. The lowest BCUT2D eigenvalue weighted by Gasteiger charge is -2.08. The van der Waals surface area contributed by atoms with Crippen molar-refractivity contribution in [3.8, 4) is 0 Å². The van der Waals surface area contributed by atoms with Crippen molar-refractivity contribution in [1.29, 1.82) is 0 Å². The fourth-order valence-electron chi connectivity index (χ4n) is 2.56. The number of halogens is 2. The van der Waals surface area contributed by atoms with Gasteiger partial charge in [-0.2, -0.15) is 0 Å². The first-order valence-electron chi connectivity index (χ1n) is 8.62. The Hall–Kier alpha value is -3.28. The Kier molecular flexibility index (Phi) is 6.10. The molecular formula is C21H19F2N3O. The smallest absolute Gasteiger partial charge is 0.257 e. The van der Waals surface area contributed by atoms with Crippen LogP contribution in [0.1, 0.15) is 22.3 Å². The van der Waals surface area contributed by atoms with Gasteiger partial charge in [-0.15, -0.1) is 0 Å². The van der Waals surface area contributed by atoms with Crippen molar-refractivity contribution in [2.45, 2.75) is 12.8 Å². The number of benzene rings is 2. The topological polar surface area (TPSA) is 54.0 Å². The summed E-state index contributed by atoms with van der Waals surface area (Å²) in [6.45, 7) is 0.766. The van der Waals surface area contributed by atoms with Gasteiger partial charge in [0.25, 0.3) is 5.91 Å². The average Bonchev–Trinajstić information content (AvgIpc) is 2.69. The zero-order chi connectivity index (χ0) is 19.1. The Labute approximate surface area is 156 Å². The van der Waals surface area contributed by atoms with Gasteiger partial charge >= 0.3 is 0 Å². The Bertz CT molecular complexity index is 899. The second-order valence-electron chi connectivity index (χ2n) is 6.03. The minimum Gasteiger partial charge on any atom is -0.370 e. The highest BCUT2D eigenvalue weighted by Gasteiger charge is 2.09. The van der Waals surface area contributed by atoms with E-state index in [1.807, 2.05) is 18.2 Å². The third-order valence-electron chi connectivity index (χ3n) is 3.99. The van der Waals surface area contributed by atoms with Crippen LogP contribution in [0.4, 0.5) is 20.3 Å². The molecule has 0 saturated heterocycles. The monoisotopic (exact) mass is 367 g/mol. The number of hydrogen-bond donors (Lipinski definition) is 2. The van der Waals surface area contributed by atoms with Crippen molar-refractivity contribution in [3.05, 3.63) is 89.6 Å². The molecule has 2 aromatic carbocycles. The van der Waals surface area contributed by atoms with E-state index in [1.54, 1.807) is 12.1 Å². The number of aryl methyl sites for hydroxylation is 1. The van der Waals surface area contributed by atoms with Gasteiger partial charge in [-0.05, 0) is 42.7 Å². The molecule has 0 spiro atoms. The van der Waals surface area contributed by atoms with Crippen LogP contribution in [-0.2, 0) is 6.42 Å². The van der Waals surface area contributed by atoms with E-state index in [4.69, 9.17) is 0 Å². The first-order chi connectivity index (χ1) is 13.1. The minimum absolute atomic E-state index is 0.182. The van der Waals surface area contributed by atoms with Gasteiger partial charge in [-0.3, -0.25) is 4.79 Å². The molecule has 0 aliphatic carbocycles. The van der Waals surface area contributed by atoms with Gasteiger partial charge in [0.2, 0.25) is 0 Å². The predicted octanol–water partition coefficient (Wildman–Crippen LogP) is 4.66. The Morgan fingerprint density at radius 2 is 1.78 bits per heavy atom. The molecule has 27 heavy (non-hydrogen) atoms. The van der Waals surface area contributed by atoms with Gasteiger partial charge in [0.15, 0.2) is 11.6 Å². The van der Waals surface area contributed by atoms with Crippen LogP contribution in [0.3, 0.4) is 0 Å². The van der Waals surface area contributed by atoms with Gasteiger partial charge in [0.05, 0.1) is 5.56 Å². The molecule has 0 atom stereocenters. The molecular weight excluding hydrogens is 348 g/mol. The standard InChI is InChI=1S/C21H19F2N3O/c22-18-10-9-17(13-19(18)23)26-21(27)16-8-11-20(25-14-16)24-12-4-7-15-5-2-1-3-6-15/h1-3,5-6,8-11,13-14H,4,7,12H2,(H,24,25)(H,26,27). The maximum absolute atomic E-state index is 13.2. The summed E-state index contributed by atoms with van der Waals surface area (Å²) in [4.78, 5) is 16.4. The largest absolute Gasteiger partial charge is 0.370 e. The molecule has 0 bridgehead atoms. The molecule has 0 aliphatic rings. The zero-order valence-corrected chi connectivity index (χ0v) is 14.6. The maximum atomic E-state index is 13.2. The molecule has 0 aliphatic heterocycles. The fourth-order valence-corrected chi connectivity index (χ4v) is 2.56. The van der Waals surface area contributed by atoms with Crippen LogP contribution in [0.25, 0.3) is 0 Å². The Balaban J connectivity index is 1.49. The summed E-state index contributed by atoms with van der Waals surface area (Å²) in [7, 11) is 0. The Morgan fingerprint density at radius 3 is 2.48 bits per heavy atom. The summed E-state index contributed by atoms with van der Waals surface area (Å²) in [6.07, 6.45) is 3.38. The third-order valence-corrected chi connectivity index (χ3v) is 3.99. The molecule has 3 aromatic rings. The molecule has 0 saturated carbocycles. The van der Waals surface area contributed by atoms with Gasteiger partial charge < -0.3 is 10.6 Å². The number of aromatic nitrogens is 1. The normalized spacial score (nSPS) is 10.4. The number of anilines is 2. The van der Waals surface area contributed by atoms with Gasteiger partial charge in [-0.1, -0.05) is 30.3 Å². The first-order valence-corrected chi connectivity index (χ1v) is 8.62. The second kappa shape index (κ2) is 8.89. The van der Waals surface area contributed by atoms with Gasteiger partial charge in [0.1, 0.15) is 5.82 Å². The van der Waals surface area contributed by atoms with Crippen LogP contribution >= 0.6 is 0 Å². The van der Waals surface area contributed by atoms with E-state index in [-0.39, 0.29) is 5.69 Å². The van der Waals surface area contributed by atoms with E-state index in [2.05, 4.69) is 27.8 Å². The number of carbonyl (C=O) groups is 1. The number of rotatable bonds is 7. The minimum atomic E-state index is -1.01. The van der Waals surface area contributed by atoms with Gasteiger partial charge in [-0.25, -0.2) is 13.8 Å². The molecule has 4 nitrogen and oxygen atoms in total. The van der Waals surface area contributed by atoms with Crippen molar-refractivity contribution in [3.63, 3.8) is 0 Å². The zero-order valence-electron chi connectivity index (χ0n) is 14.6. The van der Waals surface area contributed by atoms with Crippen molar-refractivity contribution >= 4 is 17.4 Å². The summed E-state index contributed by atoms with van der Waals surface area (Å²) < 4.78 is 26.1. The summed E-state index contributed by atoms with van der Waals surface area (Å²) in [6, 6.07) is 16.8. The lowest BCUT2D eigenvalue weighted by molar-refractivity contribution is 0.102. The first kappa shape index (κ1) is 18.5. The second-order valence-corrected chi connectivity index (χ2v) is 6.03. The van der Waals surface area contributed by atoms with Gasteiger partial charge in [0, 0.05) is 24.5 Å². The van der Waals surface area contributed by atoms with Crippen molar-refractivity contribution in [2.24, 2.45) is 0 Å². The lowest BCUT2D eigenvalue weighted by atomic mass is 10.1. The van der Waals surface area contributed by atoms with E-state index < -0.39 is 17.5 Å². The highest BCUT2D eigenvalue weighted by Crippen LogP contribution is 2.15. The number of nitrogens with one attached hydrogen (secondary N) is 2. The quantitative estimate of drug-likeness (QED) is 0.598. The van der Waals surface area contributed by atoms with Crippen LogP contribution in [0.15, 0.2) is 66.9 Å². The van der Waals surface area contributed by atoms with Crippen molar-refractivity contribution in [2.75, 3.05) is 17.2 Å². The summed E-state index contributed by atoms with van der Waals surface area (Å²) in [5.74, 6) is -1.74. The van der Waals surface area contributed by atoms with Crippen molar-refractivity contribution in [1.82, 2.24) is 4.98 Å². The number of amides is 1. The SMILES string of the molecule is O=C(Nc1ccc(F)c(F)c1)c1ccc(NCCCc2ccccc2)nc1. The molecule has 0 radical (unpaired) electrons. The van der Waals surface area contributed by atoms with Crippen LogP contribution in [-0.4, -0.2) is 17.4 Å². The molecule has 1 aromatic heterocycles. The van der Waals surface area contributed by atoms with Crippen LogP contribution < -0.4 is 10.6 Å². The molecule has 2 N–H and O–H groups in total. The van der Waals surface area contributed by atoms with E-state index in [0.29, 0.717) is 11.4 Å². The highest BCUT2D eigenvalue weighted by atomic mass is 19.2. The molecule has 6 heteroatoms. The molecule has 1 heterocycles. The van der Waals surface area contributed by atoms with Crippen LogP contribution in [0.5, 0.6) is 0 Å².